The van der Waals surface area contributed by atoms with Crippen molar-refractivity contribution in [3.05, 3.63) is 29.6 Å². The maximum atomic E-state index is 13.0. The first-order chi connectivity index (χ1) is 8.28. The summed E-state index contributed by atoms with van der Waals surface area (Å²) in [5.41, 5.74) is 6.06. The van der Waals surface area contributed by atoms with E-state index in [0.717, 1.165) is 6.07 Å². The van der Waals surface area contributed by atoms with Crippen molar-refractivity contribution in [3.8, 4) is 5.75 Å². The first-order valence-corrected chi connectivity index (χ1v) is 5.51. The van der Waals surface area contributed by atoms with Crippen molar-refractivity contribution in [3.63, 3.8) is 0 Å². The fraction of sp³-hybridized carbons (Fsp3) is 0.500. The second kappa shape index (κ2) is 6.04. The summed E-state index contributed by atoms with van der Waals surface area (Å²) in [6, 6.07) is 3.47. The molecule has 0 saturated heterocycles. The SMILES string of the molecule is CC(N)Cc1cc(F)ccc1OCCC(F)(F)F. The highest BCUT2D eigenvalue weighted by atomic mass is 19.4. The Kier molecular flexibility index (Phi) is 4.95. The third-order valence-corrected chi connectivity index (χ3v) is 2.21. The lowest BCUT2D eigenvalue weighted by atomic mass is 10.1. The van der Waals surface area contributed by atoms with Crippen LogP contribution in [0.1, 0.15) is 18.9 Å². The Bertz CT molecular complexity index is 390. The molecule has 0 aliphatic heterocycles. The topological polar surface area (TPSA) is 35.2 Å². The minimum atomic E-state index is -4.26. The van der Waals surface area contributed by atoms with Crippen LogP contribution in [0, 0.1) is 5.82 Å². The van der Waals surface area contributed by atoms with Crippen LogP contribution in [0.2, 0.25) is 0 Å². The fourth-order valence-corrected chi connectivity index (χ4v) is 1.47. The Balaban J connectivity index is 2.69. The highest BCUT2D eigenvalue weighted by Gasteiger charge is 2.27. The van der Waals surface area contributed by atoms with E-state index in [4.69, 9.17) is 10.5 Å². The van der Waals surface area contributed by atoms with Gasteiger partial charge in [-0.1, -0.05) is 0 Å². The number of rotatable bonds is 5. The second-order valence-corrected chi connectivity index (χ2v) is 4.15. The molecular weight excluding hydrogens is 250 g/mol. The minimum Gasteiger partial charge on any atom is -0.493 e. The second-order valence-electron chi connectivity index (χ2n) is 4.15. The molecule has 2 N–H and O–H groups in total. The zero-order chi connectivity index (χ0) is 13.8. The van der Waals surface area contributed by atoms with Crippen molar-refractivity contribution in [2.24, 2.45) is 5.73 Å². The molecule has 0 aromatic heterocycles. The van der Waals surface area contributed by atoms with E-state index in [2.05, 4.69) is 0 Å². The number of hydrogen-bond acceptors (Lipinski definition) is 2. The van der Waals surface area contributed by atoms with Crippen LogP contribution in [0.15, 0.2) is 18.2 Å². The number of nitrogens with two attached hydrogens (primary N) is 1. The maximum absolute atomic E-state index is 13.0. The highest BCUT2D eigenvalue weighted by Crippen LogP contribution is 2.24. The van der Waals surface area contributed by atoms with Gasteiger partial charge in [-0.15, -0.1) is 0 Å². The highest BCUT2D eigenvalue weighted by molar-refractivity contribution is 5.34. The van der Waals surface area contributed by atoms with Gasteiger partial charge in [-0.2, -0.15) is 13.2 Å². The van der Waals surface area contributed by atoms with Gasteiger partial charge in [0.15, 0.2) is 0 Å². The summed E-state index contributed by atoms with van der Waals surface area (Å²) < 4.78 is 54.0. The van der Waals surface area contributed by atoms with Crippen LogP contribution < -0.4 is 10.5 Å². The van der Waals surface area contributed by atoms with Gasteiger partial charge in [-0.3, -0.25) is 0 Å². The van der Waals surface area contributed by atoms with Gasteiger partial charge in [0.25, 0.3) is 0 Å². The summed E-state index contributed by atoms with van der Waals surface area (Å²) in [4.78, 5) is 0. The summed E-state index contributed by atoms with van der Waals surface area (Å²) in [5.74, 6) is -0.216. The lowest BCUT2D eigenvalue weighted by molar-refractivity contribution is -0.139. The minimum absolute atomic E-state index is 0.225. The van der Waals surface area contributed by atoms with E-state index in [0.29, 0.717) is 12.0 Å². The van der Waals surface area contributed by atoms with Crippen LogP contribution in [0.4, 0.5) is 17.6 Å². The van der Waals surface area contributed by atoms with Gasteiger partial charge in [0.2, 0.25) is 0 Å². The number of hydrogen-bond donors (Lipinski definition) is 1. The number of halogens is 4. The van der Waals surface area contributed by atoms with Gasteiger partial charge >= 0.3 is 6.18 Å². The largest absolute Gasteiger partial charge is 0.493 e. The summed E-state index contributed by atoms with van der Waals surface area (Å²) >= 11 is 0. The van der Waals surface area contributed by atoms with Crippen LogP contribution >= 0.6 is 0 Å². The molecule has 0 bridgehead atoms. The number of benzene rings is 1. The summed E-state index contributed by atoms with van der Waals surface area (Å²) in [7, 11) is 0. The third kappa shape index (κ3) is 5.35. The molecule has 1 atom stereocenters. The molecule has 2 nitrogen and oxygen atoms in total. The molecule has 1 unspecified atom stereocenters. The summed E-state index contributed by atoms with van der Waals surface area (Å²) in [6.07, 6.45) is -4.96. The molecule has 6 heteroatoms. The molecule has 0 radical (unpaired) electrons. The first-order valence-electron chi connectivity index (χ1n) is 5.51. The molecule has 0 aliphatic rings. The lowest BCUT2D eigenvalue weighted by Gasteiger charge is -2.14. The van der Waals surface area contributed by atoms with Gasteiger partial charge in [-0.05, 0) is 37.1 Å². The van der Waals surface area contributed by atoms with Crippen LogP contribution in [0.5, 0.6) is 5.75 Å². The monoisotopic (exact) mass is 265 g/mol. The average molecular weight is 265 g/mol. The first kappa shape index (κ1) is 14.8. The maximum Gasteiger partial charge on any atom is 0.392 e. The van der Waals surface area contributed by atoms with E-state index in [1.165, 1.54) is 12.1 Å². The molecule has 1 aromatic rings. The molecule has 0 fully saturated rings. The Morgan fingerprint density at radius 2 is 2.00 bits per heavy atom. The zero-order valence-corrected chi connectivity index (χ0v) is 9.93. The van der Waals surface area contributed by atoms with Crippen LogP contribution in [-0.2, 0) is 6.42 Å². The van der Waals surface area contributed by atoms with Gasteiger partial charge in [0.05, 0.1) is 13.0 Å². The molecule has 1 rings (SSSR count). The molecule has 0 heterocycles. The van der Waals surface area contributed by atoms with Crippen LogP contribution in [0.3, 0.4) is 0 Å². The predicted octanol–water partition coefficient (Wildman–Crippen LogP) is 3.05. The average Bonchev–Trinajstić information content (AvgIpc) is 2.18. The molecule has 0 saturated carbocycles. The van der Waals surface area contributed by atoms with Crippen molar-refractivity contribution < 1.29 is 22.3 Å². The molecule has 18 heavy (non-hydrogen) atoms. The standard InChI is InChI=1S/C12H15F4NO/c1-8(17)6-9-7-10(13)2-3-11(9)18-5-4-12(14,15)16/h2-3,7-8H,4-6,17H2,1H3. The van der Waals surface area contributed by atoms with Gasteiger partial charge in [0, 0.05) is 6.04 Å². The van der Waals surface area contributed by atoms with E-state index in [9.17, 15) is 17.6 Å². The van der Waals surface area contributed by atoms with E-state index in [1.54, 1.807) is 6.92 Å². The van der Waals surface area contributed by atoms with Crippen molar-refractivity contribution in [2.45, 2.75) is 32.0 Å². The van der Waals surface area contributed by atoms with Gasteiger partial charge in [-0.25, -0.2) is 4.39 Å². The fourth-order valence-electron chi connectivity index (χ4n) is 1.47. The molecule has 0 spiro atoms. The predicted molar refractivity (Wildman–Crippen MR) is 59.9 cm³/mol. The number of alkyl halides is 3. The summed E-state index contributed by atoms with van der Waals surface area (Å²) in [5, 5.41) is 0. The molecular formula is C12H15F4NO. The smallest absolute Gasteiger partial charge is 0.392 e. The van der Waals surface area contributed by atoms with Crippen LogP contribution in [-0.4, -0.2) is 18.8 Å². The third-order valence-electron chi connectivity index (χ3n) is 2.21. The van der Waals surface area contributed by atoms with Gasteiger partial charge < -0.3 is 10.5 Å². The molecule has 0 amide bonds. The number of ether oxygens (including phenoxy) is 1. The van der Waals surface area contributed by atoms with Crippen molar-refractivity contribution in [1.29, 1.82) is 0 Å². The van der Waals surface area contributed by atoms with Gasteiger partial charge in [0.1, 0.15) is 11.6 Å². The Labute approximate surface area is 103 Å². The van der Waals surface area contributed by atoms with Crippen molar-refractivity contribution >= 4 is 0 Å². The van der Waals surface area contributed by atoms with Crippen molar-refractivity contribution in [2.75, 3.05) is 6.61 Å². The zero-order valence-electron chi connectivity index (χ0n) is 9.93. The normalized spacial score (nSPS) is 13.4. The van der Waals surface area contributed by atoms with E-state index in [-0.39, 0.29) is 11.8 Å². The van der Waals surface area contributed by atoms with E-state index in [1.807, 2.05) is 0 Å². The molecule has 1 aromatic carbocycles. The van der Waals surface area contributed by atoms with Crippen molar-refractivity contribution in [1.82, 2.24) is 0 Å². The van der Waals surface area contributed by atoms with E-state index < -0.39 is 25.0 Å². The molecule has 0 aliphatic carbocycles. The Morgan fingerprint density at radius 1 is 1.33 bits per heavy atom. The Hall–Kier alpha value is -1.30. The Morgan fingerprint density at radius 3 is 2.56 bits per heavy atom. The van der Waals surface area contributed by atoms with Crippen LogP contribution in [0.25, 0.3) is 0 Å². The quantitative estimate of drug-likeness (QED) is 0.830. The summed E-state index contributed by atoms with van der Waals surface area (Å²) in [6.45, 7) is 1.24. The van der Waals surface area contributed by atoms with E-state index >= 15 is 0 Å². The lowest BCUT2D eigenvalue weighted by Crippen LogP contribution is -2.19. The molecule has 102 valence electrons.